The third-order valence-electron chi connectivity index (χ3n) is 3.25. The molecule has 1 rings (SSSR count). The van der Waals surface area contributed by atoms with Gasteiger partial charge < -0.3 is 15.6 Å². The summed E-state index contributed by atoms with van der Waals surface area (Å²) in [5, 5.41) is 13.5. The van der Waals surface area contributed by atoms with Crippen molar-refractivity contribution in [1.29, 1.82) is 0 Å². The minimum atomic E-state index is -0.552. The Balaban J connectivity index is 2.76. The van der Waals surface area contributed by atoms with Crippen molar-refractivity contribution < 1.29 is 9.72 Å². The van der Waals surface area contributed by atoms with E-state index in [-0.39, 0.29) is 11.3 Å². The van der Waals surface area contributed by atoms with Gasteiger partial charge in [0.15, 0.2) is 0 Å². The van der Waals surface area contributed by atoms with Crippen LogP contribution in [0.2, 0.25) is 0 Å². The van der Waals surface area contributed by atoms with E-state index in [1.807, 2.05) is 7.05 Å². The minimum Gasteiger partial charge on any atom is -0.351 e. The molecule has 116 valence electrons. The summed E-state index contributed by atoms with van der Waals surface area (Å²) in [6, 6.07) is 4.28. The Morgan fingerprint density at radius 3 is 2.67 bits per heavy atom. The maximum Gasteiger partial charge on any atom is 0.270 e. The zero-order valence-electron chi connectivity index (χ0n) is 12.4. The lowest BCUT2D eigenvalue weighted by Crippen LogP contribution is -2.36. The lowest BCUT2D eigenvalue weighted by Gasteiger charge is -2.21. The molecule has 0 saturated carbocycles. The van der Waals surface area contributed by atoms with Crippen molar-refractivity contribution >= 4 is 17.3 Å². The van der Waals surface area contributed by atoms with Crippen LogP contribution in [-0.2, 0) is 0 Å². The van der Waals surface area contributed by atoms with Crippen molar-refractivity contribution in [3.05, 3.63) is 33.9 Å². The predicted molar refractivity (Wildman–Crippen MR) is 81.0 cm³/mol. The number of nitro groups is 1. The van der Waals surface area contributed by atoms with Crippen molar-refractivity contribution in [3.8, 4) is 0 Å². The molecule has 0 saturated heterocycles. The van der Waals surface area contributed by atoms with Crippen molar-refractivity contribution in [2.75, 3.05) is 25.6 Å². The van der Waals surface area contributed by atoms with Crippen LogP contribution >= 0.6 is 0 Å². The molecule has 0 fully saturated rings. The van der Waals surface area contributed by atoms with E-state index in [1.54, 1.807) is 0 Å². The highest BCUT2D eigenvalue weighted by atomic mass is 16.6. The molecule has 0 atom stereocenters. The fourth-order valence-corrected chi connectivity index (χ4v) is 1.66. The number of rotatable bonds is 7. The van der Waals surface area contributed by atoms with Crippen molar-refractivity contribution in [2.24, 2.45) is 5.84 Å². The van der Waals surface area contributed by atoms with Crippen LogP contribution in [0.3, 0.4) is 0 Å². The highest BCUT2D eigenvalue weighted by Gasteiger charge is 2.16. The van der Waals surface area contributed by atoms with Gasteiger partial charge in [-0.2, -0.15) is 0 Å². The van der Waals surface area contributed by atoms with E-state index in [1.165, 1.54) is 18.2 Å². The number of anilines is 1. The number of carbonyl (C=O) groups excluding carboxylic acids is 1. The summed E-state index contributed by atoms with van der Waals surface area (Å²) < 4.78 is 0. The lowest BCUT2D eigenvalue weighted by atomic mass is 10.1. The molecular weight excluding hydrogens is 274 g/mol. The van der Waals surface area contributed by atoms with E-state index in [9.17, 15) is 14.9 Å². The Labute approximate surface area is 123 Å². The summed E-state index contributed by atoms with van der Waals surface area (Å²) in [6.07, 6.45) is 0. The fraction of sp³-hybridized carbons (Fsp3) is 0.462. The van der Waals surface area contributed by atoms with E-state index < -0.39 is 10.8 Å². The summed E-state index contributed by atoms with van der Waals surface area (Å²) in [5.41, 5.74) is 2.71. The van der Waals surface area contributed by atoms with Crippen molar-refractivity contribution in [3.63, 3.8) is 0 Å². The van der Waals surface area contributed by atoms with Crippen LogP contribution < -0.4 is 16.6 Å². The molecule has 0 aliphatic heterocycles. The smallest absolute Gasteiger partial charge is 0.270 e. The molecule has 0 aliphatic carbocycles. The highest BCUT2D eigenvalue weighted by Crippen LogP contribution is 2.21. The zero-order chi connectivity index (χ0) is 16.0. The largest absolute Gasteiger partial charge is 0.351 e. The number of hydrogen-bond acceptors (Lipinski definition) is 6. The van der Waals surface area contributed by atoms with E-state index >= 15 is 0 Å². The molecule has 0 radical (unpaired) electrons. The van der Waals surface area contributed by atoms with E-state index in [0.717, 1.165) is 0 Å². The number of carbonyl (C=O) groups is 1. The van der Waals surface area contributed by atoms with Gasteiger partial charge in [-0.05, 0) is 27.0 Å². The van der Waals surface area contributed by atoms with Gasteiger partial charge in [-0.15, -0.1) is 0 Å². The van der Waals surface area contributed by atoms with Crippen LogP contribution in [0.5, 0.6) is 0 Å². The van der Waals surface area contributed by atoms with Crippen LogP contribution in [0, 0.1) is 10.1 Å². The van der Waals surface area contributed by atoms with Crippen molar-refractivity contribution in [1.82, 2.24) is 10.2 Å². The SMILES string of the molecule is CC(C)N(C)CCNC(=O)c1cc([N+](=O)[O-])ccc1NN. The molecule has 1 aromatic carbocycles. The molecule has 8 nitrogen and oxygen atoms in total. The van der Waals surface area contributed by atoms with Crippen LogP contribution in [-0.4, -0.2) is 41.9 Å². The van der Waals surface area contributed by atoms with Gasteiger partial charge >= 0.3 is 0 Å². The molecule has 0 aromatic heterocycles. The van der Waals surface area contributed by atoms with Gasteiger partial charge in [0.1, 0.15) is 0 Å². The van der Waals surface area contributed by atoms with Crippen molar-refractivity contribution in [2.45, 2.75) is 19.9 Å². The summed E-state index contributed by atoms with van der Waals surface area (Å²) in [6.45, 7) is 5.24. The number of nitro benzene ring substituents is 1. The maximum atomic E-state index is 12.1. The number of amides is 1. The van der Waals surface area contributed by atoms with Gasteiger partial charge in [0.25, 0.3) is 11.6 Å². The molecule has 0 spiro atoms. The monoisotopic (exact) mass is 295 g/mol. The molecule has 1 aromatic rings. The molecule has 0 unspecified atom stereocenters. The molecular formula is C13H21N5O3. The second kappa shape index (κ2) is 7.55. The molecule has 0 heterocycles. The standard InChI is InChI=1S/C13H21N5O3/c1-9(2)17(3)7-6-15-13(19)11-8-10(18(20)21)4-5-12(11)16-14/h4-5,8-9,16H,6-7,14H2,1-3H3,(H,15,19). The average molecular weight is 295 g/mol. The Morgan fingerprint density at radius 1 is 1.48 bits per heavy atom. The second-order valence-electron chi connectivity index (χ2n) is 4.96. The number of nitrogens with zero attached hydrogens (tertiary/aromatic N) is 2. The van der Waals surface area contributed by atoms with Gasteiger partial charge in [-0.25, -0.2) is 0 Å². The number of non-ortho nitro benzene ring substituents is 1. The molecule has 0 aliphatic rings. The van der Waals surface area contributed by atoms with Crippen LogP contribution in [0.1, 0.15) is 24.2 Å². The number of nitrogens with two attached hydrogens (primary N) is 1. The molecule has 8 heteroatoms. The predicted octanol–water partition coefficient (Wildman–Crippen LogP) is 0.950. The van der Waals surface area contributed by atoms with Crippen LogP contribution in [0.15, 0.2) is 18.2 Å². The normalized spacial score (nSPS) is 10.8. The first-order valence-electron chi connectivity index (χ1n) is 6.60. The van der Waals surface area contributed by atoms with E-state index in [0.29, 0.717) is 24.8 Å². The number of nitrogen functional groups attached to an aromatic ring is 1. The number of likely N-dealkylation sites (N-methyl/N-ethyl adjacent to an activating group) is 1. The summed E-state index contributed by atoms with van der Waals surface area (Å²) in [7, 11) is 1.96. The second-order valence-corrected chi connectivity index (χ2v) is 4.96. The Hall–Kier alpha value is -2.19. The Bertz CT molecular complexity index is 519. The van der Waals surface area contributed by atoms with Gasteiger partial charge in [-0.3, -0.25) is 20.8 Å². The Morgan fingerprint density at radius 2 is 2.14 bits per heavy atom. The fourth-order valence-electron chi connectivity index (χ4n) is 1.66. The lowest BCUT2D eigenvalue weighted by molar-refractivity contribution is -0.384. The summed E-state index contributed by atoms with van der Waals surface area (Å²) in [5.74, 6) is 4.92. The first-order valence-corrected chi connectivity index (χ1v) is 6.60. The first kappa shape index (κ1) is 16.9. The first-order chi connectivity index (χ1) is 9.86. The molecule has 1 amide bonds. The molecule has 21 heavy (non-hydrogen) atoms. The van der Waals surface area contributed by atoms with E-state index in [4.69, 9.17) is 5.84 Å². The summed E-state index contributed by atoms with van der Waals surface area (Å²) in [4.78, 5) is 24.4. The number of nitrogens with one attached hydrogen (secondary N) is 2. The van der Waals surface area contributed by atoms with Crippen LogP contribution in [0.25, 0.3) is 0 Å². The molecule has 0 bridgehead atoms. The minimum absolute atomic E-state index is 0.152. The number of hydrogen-bond donors (Lipinski definition) is 3. The van der Waals surface area contributed by atoms with Gasteiger partial charge in [-0.1, -0.05) is 0 Å². The number of hydrazine groups is 1. The average Bonchev–Trinajstić information content (AvgIpc) is 2.45. The van der Waals surface area contributed by atoms with E-state index in [2.05, 4.69) is 29.5 Å². The van der Waals surface area contributed by atoms with Crippen LogP contribution in [0.4, 0.5) is 11.4 Å². The van der Waals surface area contributed by atoms with Gasteiger partial charge in [0, 0.05) is 31.3 Å². The number of benzene rings is 1. The Kier molecular flexibility index (Phi) is 6.07. The third kappa shape index (κ3) is 4.69. The molecule has 4 N–H and O–H groups in total. The topological polar surface area (TPSA) is 114 Å². The van der Waals surface area contributed by atoms with Gasteiger partial charge in [0.2, 0.25) is 0 Å². The zero-order valence-corrected chi connectivity index (χ0v) is 12.4. The third-order valence-corrected chi connectivity index (χ3v) is 3.25. The maximum absolute atomic E-state index is 12.1. The quantitative estimate of drug-likeness (QED) is 0.392. The highest BCUT2D eigenvalue weighted by molar-refractivity contribution is 6.00. The summed E-state index contributed by atoms with van der Waals surface area (Å²) >= 11 is 0. The van der Waals surface area contributed by atoms with Gasteiger partial charge in [0.05, 0.1) is 16.2 Å².